The molecule has 2 aromatic carbocycles. The molecule has 6 nitrogen and oxygen atoms in total. The number of nitrogens with zero attached hydrogens (tertiary/aromatic N) is 1. The first-order valence-electron chi connectivity index (χ1n) is 12.3. The standard InChI is InChI=1S/C28H34F2N4O2/c1-3-24(30)23(17(2)29)16-34-11-4-5-21(15-34)33-28(35)20-6-8-25(31)22(14-20)27(32)19-7-9-26-18(13-19)10-12-36-26/h3,6-9,13-14,21,28,32-33,35H,4-5,10-12,15-16,31H2,1-2H3. The van der Waals surface area contributed by atoms with Crippen molar-refractivity contribution in [1.82, 2.24) is 10.2 Å². The number of halogens is 2. The van der Waals surface area contributed by atoms with Gasteiger partial charge in [0.15, 0.2) is 0 Å². The van der Waals surface area contributed by atoms with E-state index in [1.165, 1.54) is 13.0 Å². The molecule has 0 aromatic heterocycles. The number of hydrogen-bond donors (Lipinski definition) is 4. The molecule has 8 heteroatoms. The van der Waals surface area contributed by atoms with Gasteiger partial charge in [-0.1, -0.05) is 12.1 Å². The maximum atomic E-state index is 14.1. The quantitative estimate of drug-likeness (QED) is 0.183. The lowest BCUT2D eigenvalue weighted by atomic mass is 9.96. The zero-order valence-electron chi connectivity index (χ0n) is 20.8. The number of aliphatic hydroxyl groups is 1. The normalized spacial score (nSPS) is 19.9. The first-order chi connectivity index (χ1) is 17.3. The van der Waals surface area contributed by atoms with Gasteiger partial charge in [-0.3, -0.25) is 15.6 Å². The topological polar surface area (TPSA) is 94.6 Å². The van der Waals surface area contributed by atoms with Crippen LogP contribution in [0.3, 0.4) is 0 Å². The van der Waals surface area contributed by atoms with Gasteiger partial charge in [-0.05, 0) is 74.7 Å². The second-order valence-corrected chi connectivity index (χ2v) is 9.43. The summed E-state index contributed by atoms with van der Waals surface area (Å²) < 4.78 is 33.6. The molecular weight excluding hydrogens is 462 g/mol. The van der Waals surface area contributed by atoms with Crippen molar-refractivity contribution in [2.75, 3.05) is 32.0 Å². The highest BCUT2D eigenvalue weighted by Crippen LogP contribution is 2.29. The Labute approximate surface area is 211 Å². The van der Waals surface area contributed by atoms with Gasteiger partial charge in [0.25, 0.3) is 0 Å². The summed E-state index contributed by atoms with van der Waals surface area (Å²) in [6.45, 7) is 4.94. The fourth-order valence-electron chi connectivity index (χ4n) is 4.86. The van der Waals surface area contributed by atoms with Crippen molar-refractivity contribution in [3.8, 4) is 5.75 Å². The van der Waals surface area contributed by atoms with Gasteiger partial charge >= 0.3 is 0 Å². The van der Waals surface area contributed by atoms with Gasteiger partial charge in [0, 0.05) is 47.9 Å². The number of likely N-dealkylation sites (tertiary alicyclic amines) is 1. The van der Waals surface area contributed by atoms with Gasteiger partial charge < -0.3 is 15.6 Å². The van der Waals surface area contributed by atoms with E-state index in [-0.39, 0.29) is 23.9 Å². The first kappa shape index (κ1) is 26.0. The van der Waals surface area contributed by atoms with Crippen LogP contribution < -0.4 is 15.8 Å². The van der Waals surface area contributed by atoms with Crippen LogP contribution in [0, 0.1) is 5.41 Å². The summed E-state index contributed by atoms with van der Waals surface area (Å²) in [5.41, 5.74) is 9.99. The highest BCUT2D eigenvalue weighted by atomic mass is 19.1. The number of ether oxygens (including phenoxy) is 1. The Hall–Kier alpha value is -3.07. The van der Waals surface area contributed by atoms with E-state index in [0.717, 1.165) is 42.7 Å². The van der Waals surface area contributed by atoms with Crippen molar-refractivity contribution in [3.63, 3.8) is 0 Å². The number of fused-ring (bicyclic) bond motifs is 1. The molecule has 2 unspecified atom stereocenters. The third kappa shape index (κ3) is 5.83. The molecule has 1 fully saturated rings. The van der Waals surface area contributed by atoms with E-state index in [4.69, 9.17) is 15.9 Å². The molecule has 2 heterocycles. The Balaban J connectivity index is 1.45. The third-order valence-corrected chi connectivity index (χ3v) is 6.88. The summed E-state index contributed by atoms with van der Waals surface area (Å²) in [6, 6.07) is 10.8. The van der Waals surface area contributed by atoms with Gasteiger partial charge in [-0.25, -0.2) is 8.78 Å². The van der Waals surface area contributed by atoms with E-state index in [1.807, 2.05) is 23.1 Å². The fraction of sp³-hybridized carbons (Fsp3) is 0.393. The zero-order valence-corrected chi connectivity index (χ0v) is 20.8. The molecule has 0 amide bonds. The summed E-state index contributed by atoms with van der Waals surface area (Å²) in [7, 11) is 0. The molecule has 2 aliphatic heterocycles. The number of allylic oxidation sites excluding steroid dienone is 2. The summed E-state index contributed by atoms with van der Waals surface area (Å²) in [5, 5.41) is 22.9. The van der Waals surface area contributed by atoms with E-state index in [2.05, 4.69) is 5.32 Å². The average Bonchev–Trinajstić information content (AvgIpc) is 3.34. The predicted molar refractivity (Wildman–Crippen MR) is 139 cm³/mol. The van der Waals surface area contributed by atoms with E-state index < -0.39 is 17.9 Å². The Bertz CT molecular complexity index is 1190. The smallest absolute Gasteiger partial charge is 0.131 e. The molecule has 0 saturated carbocycles. The van der Waals surface area contributed by atoms with Crippen LogP contribution in [0.5, 0.6) is 5.75 Å². The van der Waals surface area contributed by atoms with Gasteiger partial charge in [0.1, 0.15) is 23.6 Å². The van der Waals surface area contributed by atoms with Crippen LogP contribution >= 0.6 is 0 Å². The van der Waals surface area contributed by atoms with Crippen molar-refractivity contribution >= 4 is 11.4 Å². The van der Waals surface area contributed by atoms with Crippen molar-refractivity contribution in [2.45, 2.75) is 45.4 Å². The summed E-state index contributed by atoms with van der Waals surface area (Å²) in [6.07, 6.45) is 2.80. The summed E-state index contributed by atoms with van der Waals surface area (Å²) in [5.74, 6) is -0.210. The minimum absolute atomic E-state index is 0.0549. The Kier molecular flexibility index (Phi) is 8.18. The first-order valence-corrected chi connectivity index (χ1v) is 12.3. The molecule has 0 radical (unpaired) electrons. The van der Waals surface area contributed by atoms with E-state index in [1.54, 1.807) is 25.1 Å². The van der Waals surface area contributed by atoms with Crippen LogP contribution in [0.2, 0.25) is 0 Å². The number of nitrogen functional groups attached to an aromatic ring is 1. The Morgan fingerprint density at radius 1 is 1.31 bits per heavy atom. The van der Waals surface area contributed by atoms with Crippen molar-refractivity contribution in [2.24, 2.45) is 0 Å². The van der Waals surface area contributed by atoms with Gasteiger partial charge in [-0.15, -0.1) is 0 Å². The maximum absolute atomic E-state index is 14.1. The molecule has 192 valence electrons. The SMILES string of the molecule is CC=C(F)C(CN1CCCC(NC(O)c2ccc(N)c(C(=N)c3ccc4c(c3)CCO4)c2)C1)=C(C)F. The van der Waals surface area contributed by atoms with Crippen LogP contribution in [0.4, 0.5) is 14.5 Å². The Morgan fingerprint density at radius 2 is 2.11 bits per heavy atom. The minimum atomic E-state index is -0.972. The second-order valence-electron chi connectivity index (χ2n) is 9.43. The van der Waals surface area contributed by atoms with E-state index in [9.17, 15) is 13.9 Å². The highest BCUT2D eigenvalue weighted by molar-refractivity contribution is 6.14. The number of piperidine rings is 1. The summed E-state index contributed by atoms with van der Waals surface area (Å²) >= 11 is 0. The maximum Gasteiger partial charge on any atom is 0.131 e. The van der Waals surface area contributed by atoms with Gasteiger partial charge in [0.2, 0.25) is 0 Å². The lowest BCUT2D eigenvalue weighted by Crippen LogP contribution is -2.47. The number of hydrogen-bond acceptors (Lipinski definition) is 6. The summed E-state index contributed by atoms with van der Waals surface area (Å²) in [4.78, 5) is 2.00. The van der Waals surface area contributed by atoms with Crippen LogP contribution in [0.15, 0.2) is 59.7 Å². The predicted octanol–water partition coefficient (Wildman–Crippen LogP) is 4.78. The zero-order chi connectivity index (χ0) is 25.8. The number of anilines is 1. The molecule has 2 aromatic rings. The Morgan fingerprint density at radius 3 is 2.86 bits per heavy atom. The van der Waals surface area contributed by atoms with E-state index in [0.29, 0.717) is 30.0 Å². The number of benzene rings is 2. The molecule has 0 bridgehead atoms. The van der Waals surface area contributed by atoms with E-state index >= 15 is 0 Å². The number of nitrogens with one attached hydrogen (secondary N) is 2. The average molecular weight is 497 g/mol. The van der Waals surface area contributed by atoms with Crippen LogP contribution in [0.25, 0.3) is 0 Å². The third-order valence-electron chi connectivity index (χ3n) is 6.88. The number of rotatable bonds is 8. The molecule has 36 heavy (non-hydrogen) atoms. The fourth-order valence-corrected chi connectivity index (χ4v) is 4.86. The monoisotopic (exact) mass is 496 g/mol. The second kappa shape index (κ2) is 11.3. The molecule has 4 rings (SSSR count). The van der Waals surface area contributed by atoms with Crippen molar-refractivity contribution < 1.29 is 18.6 Å². The highest BCUT2D eigenvalue weighted by Gasteiger charge is 2.25. The number of aliphatic hydroxyl groups excluding tert-OH is 1. The minimum Gasteiger partial charge on any atom is -0.493 e. The van der Waals surface area contributed by atoms with Crippen LogP contribution in [-0.4, -0.2) is 48.0 Å². The molecule has 0 spiro atoms. The number of nitrogens with two attached hydrogens (primary N) is 1. The molecule has 1 saturated heterocycles. The molecule has 5 N–H and O–H groups in total. The lowest BCUT2D eigenvalue weighted by molar-refractivity contribution is 0.0960. The largest absolute Gasteiger partial charge is 0.493 e. The lowest BCUT2D eigenvalue weighted by Gasteiger charge is -2.35. The molecule has 0 aliphatic carbocycles. The molecule has 2 aliphatic rings. The van der Waals surface area contributed by atoms with Gasteiger partial charge in [0.05, 0.1) is 12.3 Å². The van der Waals surface area contributed by atoms with Crippen LogP contribution in [0.1, 0.15) is 55.2 Å². The van der Waals surface area contributed by atoms with Crippen LogP contribution in [-0.2, 0) is 6.42 Å². The molecule has 2 atom stereocenters. The molecular formula is C28H34F2N4O2. The van der Waals surface area contributed by atoms with Crippen molar-refractivity contribution in [3.05, 3.63) is 82.0 Å². The van der Waals surface area contributed by atoms with Gasteiger partial charge in [-0.2, -0.15) is 0 Å². The van der Waals surface area contributed by atoms with Crippen molar-refractivity contribution in [1.29, 1.82) is 5.41 Å².